The summed E-state index contributed by atoms with van der Waals surface area (Å²) >= 11 is 0. The van der Waals surface area contributed by atoms with Crippen LogP contribution in [0.3, 0.4) is 0 Å². The van der Waals surface area contributed by atoms with E-state index in [2.05, 4.69) is 5.32 Å². The normalized spacial score (nSPS) is 10.7. The first-order valence-corrected chi connectivity index (χ1v) is 9.31. The number of pyridine rings is 1. The van der Waals surface area contributed by atoms with Gasteiger partial charge in [0.05, 0.1) is 5.52 Å². The Balaban J connectivity index is 1.78. The minimum Gasteiger partial charge on any atom is -0.477 e. The highest BCUT2D eigenvalue weighted by Gasteiger charge is 2.18. The summed E-state index contributed by atoms with van der Waals surface area (Å²) in [6, 6.07) is 21.4. The van der Waals surface area contributed by atoms with Gasteiger partial charge in [-0.1, -0.05) is 54.6 Å². The molecule has 6 nitrogen and oxygen atoms in total. The number of nitrogens with one attached hydrogen (secondary N) is 1. The summed E-state index contributed by atoms with van der Waals surface area (Å²) in [5.74, 6) is -1.38. The third-order valence-electron chi connectivity index (χ3n) is 4.95. The Labute approximate surface area is 172 Å². The molecule has 1 aromatic heterocycles. The number of fused-ring (bicyclic) bond motifs is 1. The number of para-hydroxylation sites is 1. The molecular weight excluding hydrogens is 380 g/mol. The third-order valence-corrected chi connectivity index (χ3v) is 4.95. The van der Waals surface area contributed by atoms with Crippen molar-refractivity contribution in [3.8, 4) is 11.1 Å². The number of rotatable bonds is 3. The van der Waals surface area contributed by atoms with E-state index in [-0.39, 0.29) is 5.39 Å². The molecule has 2 N–H and O–H groups in total. The van der Waals surface area contributed by atoms with E-state index in [1.807, 2.05) is 55.5 Å². The van der Waals surface area contributed by atoms with Crippen LogP contribution in [0.2, 0.25) is 0 Å². The molecule has 3 aromatic carbocycles. The highest BCUT2D eigenvalue weighted by atomic mass is 16.4. The monoisotopic (exact) mass is 398 g/mol. The summed E-state index contributed by atoms with van der Waals surface area (Å²) in [4.78, 5) is 37.0. The van der Waals surface area contributed by atoms with Crippen LogP contribution in [-0.2, 0) is 0 Å². The number of benzene rings is 3. The first-order valence-electron chi connectivity index (χ1n) is 9.31. The quantitative estimate of drug-likeness (QED) is 0.521. The zero-order chi connectivity index (χ0) is 21.3. The zero-order valence-corrected chi connectivity index (χ0v) is 16.1. The van der Waals surface area contributed by atoms with Crippen LogP contribution < -0.4 is 10.7 Å². The molecule has 4 rings (SSSR count). The predicted octanol–water partition coefficient (Wildman–Crippen LogP) is 4.76. The van der Waals surface area contributed by atoms with E-state index in [9.17, 15) is 19.5 Å². The SMILES string of the molecule is Cc1ccc(-c2ccccc2)cc1NC(=O)n1cc(C(=O)O)c(=O)c2ccccc21. The van der Waals surface area contributed by atoms with Crippen LogP contribution in [0.25, 0.3) is 22.0 Å². The number of nitrogens with zero attached hydrogens (tertiary/aromatic N) is 1. The molecule has 0 fully saturated rings. The zero-order valence-electron chi connectivity index (χ0n) is 16.1. The van der Waals surface area contributed by atoms with Gasteiger partial charge in [-0.05, 0) is 41.8 Å². The van der Waals surface area contributed by atoms with Crippen molar-refractivity contribution in [2.24, 2.45) is 0 Å². The molecule has 1 heterocycles. The summed E-state index contributed by atoms with van der Waals surface area (Å²) < 4.78 is 1.16. The number of amides is 1. The number of carboxylic acid groups (broad SMARTS) is 1. The van der Waals surface area contributed by atoms with E-state index < -0.39 is 23.0 Å². The number of aryl methyl sites for hydroxylation is 1. The number of anilines is 1. The number of hydrogen-bond donors (Lipinski definition) is 2. The molecule has 148 valence electrons. The van der Waals surface area contributed by atoms with Gasteiger partial charge in [-0.15, -0.1) is 0 Å². The Bertz CT molecular complexity index is 1340. The van der Waals surface area contributed by atoms with Crippen molar-refractivity contribution < 1.29 is 14.7 Å². The molecule has 0 saturated carbocycles. The van der Waals surface area contributed by atoms with Gasteiger partial charge >= 0.3 is 12.0 Å². The molecule has 0 aliphatic rings. The van der Waals surface area contributed by atoms with Crippen molar-refractivity contribution in [2.75, 3.05) is 5.32 Å². The van der Waals surface area contributed by atoms with Crippen LogP contribution in [0.1, 0.15) is 15.9 Å². The topological polar surface area (TPSA) is 88.4 Å². The number of aromatic nitrogens is 1. The number of hydrogen-bond acceptors (Lipinski definition) is 3. The average molecular weight is 398 g/mol. The molecular formula is C24H18N2O4. The fraction of sp³-hybridized carbons (Fsp3) is 0.0417. The molecule has 1 amide bonds. The second-order valence-corrected chi connectivity index (χ2v) is 6.89. The van der Waals surface area contributed by atoms with Crippen molar-refractivity contribution in [3.63, 3.8) is 0 Å². The summed E-state index contributed by atoms with van der Waals surface area (Å²) in [6.45, 7) is 1.87. The lowest BCUT2D eigenvalue weighted by atomic mass is 10.0. The van der Waals surface area contributed by atoms with Gasteiger partial charge in [-0.25, -0.2) is 9.59 Å². The van der Waals surface area contributed by atoms with Crippen LogP contribution in [0.5, 0.6) is 0 Å². The van der Waals surface area contributed by atoms with Gasteiger partial charge in [0.1, 0.15) is 5.56 Å². The Morgan fingerprint density at radius 1 is 0.900 bits per heavy atom. The minimum absolute atomic E-state index is 0.169. The van der Waals surface area contributed by atoms with E-state index in [0.29, 0.717) is 11.2 Å². The maximum Gasteiger partial charge on any atom is 0.341 e. The van der Waals surface area contributed by atoms with Gasteiger partial charge in [-0.3, -0.25) is 9.36 Å². The molecule has 0 aliphatic carbocycles. The van der Waals surface area contributed by atoms with Gasteiger partial charge in [0.25, 0.3) is 0 Å². The van der Waals surface area contributed by atoms with Gasteiger partial charge in [0.2, 0.25) is 5.43 Å². The van der Waals surface area contributed by atoms with Gasteiger partial charge < -0.3 is 10.4 Å². The highest BCUT2D eigenvalue weighted by molar-refractivity contribution is 6.01. The third kappa shape index (κ3) is 3.46. The second kappa shape index (κ2) is 7.67. The Hall–Kier alpha value is -4.19. The second-order valence-electron chi connectivity index (χ2n) is 6.89. The van der Waals surface area contributed by atoms with Crippen molar-refractivity contribution in [2.45, 2.75) is 6.92 Å². The summed E-state index contributed by atoms with van der Waals surface area (Å²) in [5.41, 5.74) is 2.65. The van der Waals surface area contributed by atoms with Crippen molar-refractivity contribution in [1.82, 2.24) is 4.57 Å². The molecule has 4 aromatic rings. The Morgan fingerprint density at radius 2 is 1.60 bits per heavy atom. The predicted molar refractivity (Wildman–Crippen MR) is 116 cm³/mol. The maximum atomic E-state index is 13.1. The number of aromatic carboxylic acids is 1. The molecule has 30 heavy (non-hydrogen) atoms. The van der Waals surface area contributed by atoms with E-state index >= 15 is 0 Å². The van der Waals surface area contributed by atoms with Gasteiger partial charge in [0.15, 0.2) is 0 Å². The fourth-order valence-corrected chi connectivity index (χ4v) is 3.34. The van der Waals surface area contributed by atoms with E-state index in [1.54, 1.807) is 18.2 Å². The molecule has 0 unspecified atom stereocenters. The highest BCUT2D eigenvalue weighted by Crippen LogP contribution is 2.25. The molecule has 0 aliphatic heterocycles. The standard InChI is InChI=1S/C24H18N2O4/c1-15-11-12-17(16-7-3-2-4-8-16)13-20(15)25-24(30)26-14-19(23(28)29)22(27)18-9-5-6-10-21(18)26/h2-14H,1H3,(H,25,30)(H,28,29). The van der Waals surface area contributed by atoms with Crippen molar-refractivity contribution in [1.29, 1.82) is 0 Å². The first-order chi connectivity index (χ1) is 14.5. The van der Waals surface area contributed by atoms with Crippen LogP contribution >= 0.6 is 0 Å². The number of carboxylic acids is 1. The largest absolute Gasteiger partial charge is 0.477 e. The Morgan fingerprint density at radius 3 is 2.33 bits per heavy atom. The van der Waals surface area contributed by atoms with Gasteiger partial charge in [-0.2, -0.15) is 0 Å². The number of carbonyl (C=O) groups excluding carboxylic acids is 1. The smallest absolute Gasteiger partial charge is 0.341 e. The van der Waals surface area contributed by atoms with Crippen LogP contribution in [0.15, 0.2) is 83.8 Å². The number of carbonyl (C=O) groups is 2. The van der Waals surface area contributed by atoms with Crippen LogP contribution in [0, 0.1) is 6.92 Å². The minimum atomic E-state index is -1.38. The molecule has 0 saturated heterocycles. The van der Waals surface area contributed by atoms with Crippen LogP contribution in [0.4, 0.5) is 10.5 Å². The summed E-state index contributed by atoms with van der Waals surface area (Å²) in [5, 5.41) is 12.4. The summed E-state index contributed by atoms with van der Waals surface area (Å²) in [6.07, 6.45) is 1.07. The van der Waals surface area contributed by atoms with Crippen molar-refractivity contribution >= 4 is 28.6 Å². The van der Waals surface area contributed by atoms with Crippen LogP contribution in [-0.4, -0.2) is 21.7 Å². The molecule has 0 bridgehead atoms. The first kappa shape index (κ1) is 19.1. The van der Waals surface area contributed by atoms with Gasteiger partial charge in [0, 0.05) is 17.3 Å². The lowest BCUT2D eigenvalue weighted by Crippen LogP contribution is -2.26. The van der Waals surface area contributed by atoms with E-state index in [4.69, 9.17) is 0 Å². The molecule has 0 atom stereocenters. The van der Waals surface area contributed by atoms with E-state index in [1.165, 1.54) is 6.07 Å². The lowest BCUT2D eigenvalue weighted by Gasteiger charge is -2.14. The maximum absolute atomic E-state index is 13.1. The average Bonchev–Trinajstić information content (AvgIpc) is 2.76. The molecule has 6 heteroatoms. The summed E-state index contributed by atoms with van der Waals surface area (Å²) in [7, 11) is 0. The molecule has 0 spiro atoms. The molecule has 0 radical (unpaired) electrons. The van der Waals surface area contributed by atoms with E-state index in [0.717, 1.165) is 27.5 Å². The fourth-order valence-electron chi connectivity index (χ4n) is 3.34. The lowest BCUT2D eigenvalue weighted by molar-refractivity contribution is 0.0695. The Kier molecular flexibility index (Phi) is 4.90. The van der Waals surface area contributed by atoms with Crippen molar-refractivity contribution in [3.05, 3.63) is 100 Å².